The van der Waals surface area contributed by atoms with Crippen LogP contribution in [0.1, 0.15) is 168 Å². The first kappa shape index (κ1) is 58.4. The Morgan fingerprint density at radius 3 is 1.44 bits per heavy atom. The number of carboxylic acids is 1. The number of phosphoric ester groups is 1. The minimum absolute atomic E-state index is 0.0148. The molecule has 1 amide bonds. The maximum atomic E-state index is 12.3. The molecule has 352 valence electrons. The van der Waals surface area contributed by atoms with Crippen molar-refractivity contribution < 1.29 is 47.8 Å². The third kappa shape index (κ3) is 43.1. The Hall–Kier alpha value is -3.60. The minimum atomic E-state index is -4.79. The van der Waals surface area contributed by atoms with E-state index in [1.807, 2.05) is 18.2 Å². The summed E-state index contributed by atoms with van der Waals surface area (Å²) in [5, 5.41) is 21.8. The molecule has 4 N–H and O–H groups in total. The molecule has 12 heteroatoms. The molecule has 3 atom stereocenters. The molecule has 3 unspecified atom stereocenters. The number of aliphatic hydroxyl groups excluding tert-OH is 1. The van der Waals surface area contributed by atoms with Gasteiger partial charge in [-0.1, -0.05) is 169 Å². The molecular weight excluding hydrogens is 806 g/mol. The summed E-state index contributed by atoms with van der Waals surface area (Å²) in [5.74, 6) is -2.51. The van der Waals surface area contributed by atoms with E-state index < -0.39 is 57.6 Å². The summed E-state index contributed by atoms with van der Waals surface area (Å²) in [6.45, 7) is 2.39. The second-order valence-corrected chi connectivity index (χ2v) is 16.7. The summed E-state index contributed by atoms with van der Waals surface area (Å²) in [6.07, 6.45) is 55.9. The molecule has 0 fully saturated rings. The maximum Gasteiger partial charge on any atom is 0.472 e. The Morgan fingerprint density at radius 2 is 0.952 bits per heavy atom. The van der Waals surface area contributed by atoms with Crippen molar-refractivity contribution in [3.8, 4) is 0 Å². The molecular formula is C50H82NO10P. The molecule has 0 bridgehead atoms. The number of aliphatic hydroxyl groups is 1. The van der Waals surface area contributed by atoms with Crippen molar-refractivity contribution in [1.29, 1.82) is 0 Å². The summed E-state index contributed by atoms with van der Waals surface area (Å²) >= 11 is 0. The minimum Gasteiger partial charge on any atom is -0.480 e. The second kappa shape index (κ2) is 44.0. The number of aliphatic carboxylic acids is 1. The molecule has 0 aromatic rings. The van der Waals surface area contributed by atoms with Crippen LogP contribution < -0.4 is 5.32 Å². The Balaban J connectivity index is 3.99. The van der Waals surface area contributed by atoms with Crippen LogP contribution in [-0.4, -0.2) is 64.9 Å². The number of carboxylic acid groups (broad SMARTS) is 1. The number of amides is 1. The molecule has 0 aliphatic carbocycles. The number of carbonyl (C=O) groups is 3. The number of unbranched alkanes of at least 4 members (excludes halogenated alkanes) is 12. The van der Waals surface area contributed by atoms with Gasteiger partial charge in [0.15, 0.2) is 6.04 Å². The van der Waals surface area contributed by atoms with Gasteiger partial charge < -0.3 is 25.2 Å². The van der Waals surface area contributed by atoms with Gasteiger partial charge in [-0.3, -0.25) is 18.6 Å². The SMILES string of the molecule is CC/C=C\C/C=C\C/C=C\C/C=C\C/C=C\C/C=C\CCC(=O)NC(COP(=O)(O)OCC(O)COC(=O)CCCCCCCCCCC/C=C\C/C=C\CCCCC)C(=O)O. The fourth-order valence-corrected chi connectivity index (χ4v) is 6.55. The third-order valence-electron chi connectivity index (χ3n) is 9.37. The first-order chi connectivity index (χ1) is 30.1. The molecule has 0 radical (unpaired) electrons. The molecule has 0 heterocycles. The molecule has 11 nitrogen and oxygen atoms in total. The van der Waals surface area contributed by atoms with Gasteiger partial charge >= 0.3 is 19.8 Å². The van der Waals surface area contributed by atoms with E-state index in [1.165, 1.54) is 57.8 Å². The van der Waals surface area contributed by atoms with E-state index in [-0.39, 0.29) is 12.8 Å². The van der Waals surface area contributed by atoms with E-state index in [1.54, 1.807) is 0 Å². The average Bonchev–Trinajstić information content (AvgIpc) is 3.25. The Morgan fingerprint density at radius 1 is 0.532 bits per heavy atom. The number of phosphoric acid groups is 1. The number of carbonyl (C=O) groups excluding carboxylic acids is 2. The van der Waals surface area contributed by atoms with Gasteiger partial charge in [0.2, 0.25) is 5.91 Å². The van der Waals surface area contributed by atoms with Gasteiger partial charge in [0.05, 0.1) is 13.2 Å². The zero-order chi connectivity index (χ0) is 45.6. The van der Waals surface area contributed by atoms with E-state index in [2.05, 4.69) is 98.2 Å². The van der Waals surface area contributed by atoms with Crippen molar-refractivity contribution in [1.82, 2.24) is 5.32 Å². The van der Waals surface area contributed by atoms with Crippen molar-refractivity contribution in [2.75, 3.05) is 19.8 Å². The van der Waals surface area contributed by atoms with Crippen molar-refractivity contribution in [3.05, 3.63) is 97.2 Å². The number of ether oxygens (including phenoxy) is 1. The Kier molecular flexibility index (Phi) is 41.5. The van der Waals surface area contributed by atoms with Crippen LogP contribution in [-0.2, 0) is 32.7 Å². The van der Waals surface area contributed by atoms with E-state index in [4.69, 9.17) is 13.8 Å². The first-order valence-electron chi connectivity index (χ1n) is 23.3. The summed E-state index contributed by atoms with van der Waals surface area (Å²) in [6, 6.07) is -1.59. The maximum absolute atomic E-state index is 12.3. The summed E-state index contributed by atoms with van der Waals surface area (Å²) in [4.78, 5) is 46.0. The number of hydrogen-bond acceptors (Lipinski definition) is 8. The summed E-state index contributed by atoms with van der Waals surface area (Å²) < 4.78 is 26.8. The predicted octanol–water partition coefficient (Wildman–Crippen LogP) is 12.4. The van der Waals surface area contributed by atoms with Crippen LogP contribution in [0.15, 0.2) is 97.2 Å². The fourth-order valence-electron chi connectivity index (χ4n) is 5.78. The molecule has 62 heavy (non-hydrogen) atoms. The van der Waals surface area contributed by atoms with Crippen molar-refractivity contribution in [2.24, 2.45) is 0 Å². The van der Waals surface area contributed by atoms with E-state index >= 15 is 0 Å². The van der Waals surface area contributed by atoms with Crippen LogP contribution in [0.5, 0.6) is 0 Å². The largest absolute Gasteiger partial charge is 0.480 e. The normalized spacial score (nSPS) is 14.5. The van der Waals surface area contributed by atoms with Gasteiger partial charge in [-0.15, -0.1) is 0 Å². The molecule has 0 aliphatic heterocycles. The predicted molar refractivity (Wildman–Crippen MR) is 254 cm³/mol. The number of allylic oxidation sites excluding steroid dienone is 16. The number of hydrogen-bond donors (Lipinski definition) is 4. The lowest BCUT2D eigenvalue weighted by molar-refractivity contribution is -0.147. The number of rotatable bonds is 42. The van der Waals surface area contributed by atoms with Gasteiger partial charge in [-0.05, 0) is 83.5 Å². The molecule has 0 aromatic heterocycles. The van der Waals surface area contributed by atoms with Gasteiger partial charge in [0.25, 0.3) is 0 Å². The molecule has 0 saturated carbocycles. The van der Waals surface area contributed by atoms with Crippen LogP contribution >= 0.6 is 7.82 Å². The highest BCUT2D eigenvalue weighted by Crippen LogP contribution is 2.43. The topological polar surface area (TPSA) is 169 Å². The zero-order valence-electron chi connectivity index (χ0n) is 38.1. The van der Waals surface area contributed by atoms with Crippen LogP contribution in [0.3, 0.4) is 0 Å². The second-order valence-electron chi connectivity index (χ2n) is 15.2. The highest BCUT2D eigenvalue weighted by Gasteiger charge is 2.28. The average molecular weight is 888 g/mol. The quantitative estimate of drug-likeness (QED) is 0.0200. The van der Waals surface area contributed by atoms with Gasteiger partial charge in [0.1, 0.15) is 12.7 Å². The Bertz CT molecular complexity index is 1410. The van der Waals surface area contributed by atoms with Crippen LogP contribution in [0, 0.1) is 0 Å². The van der Waals surface area contributed by atoms with Gasteiger partial charge in [0, 0.05) is 12.8 Å². The third-order valence-corrected chi connectivity index (χ3v) is 10.3. The number of esters is 1. The lowest BCUT2D eigenvalue weighted by atomic mass is 10.1. The standard InChI is InChI=1S/C50H82NO10P/c1-3-5-7-9-11-13-15-17-19-21-23-25-27-29-31-33-35-37-39-41-48(53)51-47(50(55)56)45-61-62(57,58)60-44-46(52)43-59-49(54)42-40-38-36-34-32-30-28-26-24-22-20-18-16-14-12-10-8-6-4-2/h5,7,11-14,17-20,23,25,29,31,35,37,46-47,52H,3-4,6,8-10,15-16,21-22,24,26-28,30,32-34,36,38-45H2,1-2H3,(H,51,53)(H,55,56)(H,57,58)/b7-5-,13-11-,14-12-,19-17-,20-18-,25-23-,31-29-,37-35-. The van der Waals surface area contributed by atoms with Crippen LogP contribution in [0.2, 0.25) is 0 Å². The molecule has 0 aliphatic rings. The van der Waals surface area contributed by atoms with E-state index in [9.17, 15) is 34.1 Å². The number of nitrogens with one attached hydrogen (secondary N) is 1. The summed E-state index contributed by atoms with van der Waals surface area (Å²) in [5.41, 5.74) is 0. The van der Waals surface area contributed by atoms with Crippen molar-refractivity contribution in [3.63, 3.8) is 0 Å². The fraction of sp³-hybridized carbons (Fsp3) is 0.620. The first-order valence-corrected chi connectivity index (χ1v) is 24.8. The van der Waals surface area contributed by atoms with Crippen LogP contribution in [0.4, 0.5) is 0 Å². The molecule has 0 saturated heterocycles. The zero-order valence-corrected chi connectivity index (χ0v) is 39.0. The van der Waals surface area contributed by atoms with Gasteiger partial charge in [-0.25, -0.2) is 9.36 Å². The van der Waals surface area contributed by atoms with Gasteiger partial charge in [-0.2, -0.15) is 0 Å². The highest BCUT2D eigenvalue weighted by molar-refractivity contribution is 7.47. The smallest absolute Gasteiger partial charge is 0.472 e. The van der Waals surface area contributed by atoms with Crippen LogP contribution in [0.25, 0.3) is 0 Å². The van der Waals surface area contributed by atoms with E-state index in [0.29, 0.717) is 19.3 Å². The highest BCUT2D eigenvalue weighted by atomic mass is 31.2. The monoisotopic (exact) mass is 888 g/mol. The molecule has 0 aromatic carbocycles. The molecule has 0 spiro atoms. The van der Waals surface area contributed by atoms with Crippen molar-refractivity contribution >= 4 is 25.7 Å². The lowest BCUT2D eigenvalue weighted by Crippen LogP contribution is -2.43. The Labute approximate surface area is 374 Å². The summed E-state index contributed by atoms with van der Waals surface area (Å²) in [7, 11) is -4.79. The van der Waals surface area contributed by atoms with Crippen molar-refractivity contribution in [2.45, 2.75) is 180 Å². The van der Waals surface area contributed by atoms with E-state index in [0.717, 1.165) is 64.2 Å². The lowest BCUT2D eigenvalue weighted by Gasteiger charge is -2.18. The molecule has 0 rings (SSSR count).